The van der Waals surface area contributed by atoms with Gasteiger partial charge in [-0.2, -0.15) is 13.2 Å². The maximum atomic E-state index is 13.0. The summed E-state index contributed by atoms with van der Waals surface area (Å²) in [6, 6.07) is 8.99. The van der Waals surface area contributed by atoms with Gasteiger partial charge in [0, 0.05) is 25.0 Å². The van der Waals surface area contributed by atoms with Gasteiger partial charge in [0.05, 0.1) is 24.3 Å². The highest BCUT2D eigenvalue weighted by Gasteiger charge is 2.32. The van der Waals surface area contributed by atoms with Crippen LogP contribution in [0.25, 0.3) is 0 Å². The fourth-order valence-corrected chi connectivity index (χ4v) is 3.79. The van der Waals surface area contributed by atoms with E-state index in [9.17, 15) is 18.0 Å². The summed E-state index contributed by atoms with van der Waals surface area (Å²) in [5, 5.41) is 7.90. The molecule has 1 aliphatic rings. The molecule has 0 saturated heterocycles. The van der Waals surface area contributed by atoms with Crippen molar-refractivity contribution in [1.82, 2.24) is 24.5 Å². The molecule has 29 heavy (non-hydrogen) atoms. The number of amides is 1. The molecule has 1 atom stereocenters. The number of halogens is 3. The van der Waals surface area contributed by atoms with Gasteiger partial charge in [-0.05, 0) is 36.2 Å². The minimum Gasteiger partial charge on any atom is -0.348 e. The molecule has 1 aliphatic heterocycles. The number of nitrogens with zero attached hydrogens (tertiary/aromatic N) is 5. The van der Waals surface area contributed by atoms with Crippen LogP contribution in [0.2, 0.25) is 0 Å². The molecule has 1 aromatic carbocycles. The number of alkyl halides is 3. The first kappa shape index (κ1) is 19.2. The third kappa shape index (κ3) is 3.76. The summed E-state index contributed by atoms with van der Waals surface area (Å²) in [5.41, 5.74) is 0.998. The third-order valence-corrected chi connectivity index (χ3v) is 5.17. The molecule has 0 N–H and O–H groups in total. The minimum absolute atomic E-state index is 0.0418. The second-order valence-electron chi connectivity index (χ2n) is 7.05. The predicted octanol–water partition coefficient (Wildman–Crippen LogP) is 3.75. The lowest BCUT2D eigenvalue weighted by Gasteiger charge is -2.36. The Morgan fingerprint density at radius 3 is 2.79 bits per heavy atom. The van der Waals surface area contributed by atoms with E-state index in [4.69, 9.17) is 0 Å². The van der Waals surface area contributed by atoms with E-state index in [1.807, 2.05) is 25.3 Å². The quantitative estimate of drug-likeness (QED) is 0.667. The molecule has 4 rings (SSSR count). The van der Waals surface area contributed by atoms with E-state index in [2.05, 4.69) is 14.9 Å². The lowest BCUT2D eigenvalue weighted by molar-refractivity contribution is -0.137. The lowest BCUT2D eigenvalue weighted by atomic mass is 10.1. The molecule has 0 saturated carbocycles. The van der Waals surface area contributed by atoms with Gasteiger partial charge in [-0.1, -0.05) is 24.3 Å². The van der Waals surface area contributed by atoms with Gasteiger partial charge in [0.1, 0.15) is 0 Å². The van der Waals surface area contributed by atoms with Crippen LogP contribution in [-0.4, -0.2) is 36.9 Å². The number of hydrogen-bond donors (Lipinski definition) is 0. The number of rotatable bonds is 4. The van der Waals surface area contributed by atoms with Gasteiger partial charge in [-0.15, -0.1) is 5.10 Å². The zero-order chi connectivity index (χ0) is 20.6. The highest BCUT2D eigenvalue weighted by atomic mass is 19.4. The van der Waals surface area contributed by atoms with Crippen LogP contribution in [0.3, 0.4) is 0 Å². The van der Waals surface area contributed by atoms with Crippen molar-refractivity contribution in [2.75, 3.05) is 6.54 Å². The molecule has 152 valence electrons. The van der Waals surface area contributed by atoms with E-state index in [-0.39, 0.29) is 24.2 Å². The normalized spacial score (nSPS) is 16.7. The van der Waals surface area contributed by atoms with Gasteiger partial charge in [-0.25, -0.2) is 4.68 Å². The maximum absolute atomic E-state index is 13.0. The van der Waals surface area contributed by atoms with Crippen molar-refractivity contribution in [2.24, 2.45) is 0 Å². The van der Waals surface area contributed by atoms with Crippen LogP contribution in [0.5, 0.6) is 0 Å². The number of benzene rings is 1. The summed E-state index contributed by atoms with van der Waals surface area (Å²) in [6.07, 6.45) is -0.136. The Balaban J connectivity index is 1.51. The van der Waals surface area contributed by atoms with Gasteiger partial charge >= 0.3 is 6.18 Å². The van der Waals surface area contributed by atoms with Crippen molar-refractivity contribution >= 4 is 5.91 Å². The fourth-order valence-electron chi connectivity index (χ4n) is 3.79. The fraction of sp³-hybridized carbons (Fsp3) is 0.350. The summed E-state index contributed by atoms with van der Waals surface area (Å²) >= 11 is 0. The number of carbonyl (C=O) groups is 1. The number of carbonyl (C=O) groups excluding carboxylic acids is 1. The Morgan fingerprint density at radius 1 is 1.21 bits per heavy atom. The Hall–Kier alpha value is -3.10. The van der Waals surface area contributed by atoms with Crippen LogP contribution in [0.4, 0.5) is 13.2 Å². The third-order valence-electron chi connectivity index (χ3n) is 5.17. The molecule has 0 unspecified atom stereocenters. The van der Waals surface area contributed by atoms with Crippen LogP contribution in [-0.2, 0) is 19.3 Å². The summed E-state index contributed by atoms with van der Waals surface area (Å²) < 4.78 is 42.2. The molecular formula is C20H20F3N5O. The molecule has 1 amide bonds. The monoisotopic (exact) mass is 403 g/mol. The first-order valence-electron chi connectivity index (χ1n) is 9.39. The van der Waals surface area contributed by atoms with Gasteiger partial charge < -0.3 is 9.47 Å². The largest absolute Gasteiger partial charge is 0.416 e. The number of hydrogen-bond acceptors (Lipinski definition) is 3. The standard InChI is InChI=1S/C20H20F3N5O/c1-2-17-18-7-4-8-26(18)9-10-28(17)19(29)16-13-27(25-24-16)12-14-5-3-6-15(11-14)20(21,22)23/h3-8,11,13,17H,2,9-10,12H2,1H3/t17-/m1/s1. The van der Waals surface area contributed by atoms with Crippen molar-refractivity contribution in [3.8, 4) is 0 Å². The molecule has 0 fully saturated rings. The molecule has 2 aromatic heterocycles. The van der Waals surface area contributed by atoms with Crippen LogP contribution in [0.15, 0.2) is 48.8 Å². The smallest absolute Gasteiger partial charge is 0.348 e. The molecule has 0 spiro atoms. The van der Waals surface area contributed by atoms with Gasteiger partial charge in [0.15, 0.2) is 5.69 Å². The Morgan fingerprint density at radius 2 is 2.03 bits per heavy atom. The Kier molecular flexibility index (Phi) is 4.89. The zero-order valence-corrected chi connectivity index (χ0v) is 15.8. The average Bonchev–Trinajstić information content (AvgIpc) is 3.35. The van der Waals surface area contributed by atoms with Crippen LogP contribution in [0.1, 0.15) is 46.7 Å². The first-order valence-corrected chi connectivity index (χ1v) is 9.39. The average molecular weight is 403 g/mol. The number of fused-ring (bicyclic) bond motifs is 1. The molecule has 6 nitrogen and oxygen atoms in total. The molecule has 0 bridgehead atoms. The molecule has 3 heterocycles. The van der Waals surface area contributed by atoms with E-state index in [0.29, 0.717) is 18.7 Å². The van der Waals surface area contributed by atoms with Crippen molar-refractivity contribution < 1.29 is 18.0 Å². The topological polar surface area (TPSA) is 56.0 Å². The molecule has 0 radical (unpaired) electrons. The summed E-state index contributed by atoms with van der Waals surface area (Å²) in [6.45, 7) is 3.41. The van der Waals surface area contributed by atoms with Crippen LogP contribution >= 0.6 is 0 Å². The van der Waals surface area contributed by atoms with Crippen LogP contribution < -0.4 is 0 Å². The van der Waals surface area contributed by atoms with E-state index >= 15 is 0 Å². The second kappa shape index (κ2) is 7.38. The minimum atomic E-state index is -4.40. The molecule has 9 heteroatoms. The maximum Gasteiger partial charge on any atom is 0.416 e. The Labute approximate surface area is 165 Å². The Bertz CT molecular complexity index is 1020. The van der Waals surface area contributed by atoms with Crippen molar-refractivity contribution in [1.29, 1.82) is 0 Å². The van der Waals surface area contributed by atoms with Crippen molar-refractivity contribution in [3.63, 3.8) is 0 Å². The van der Waals surface area contributed by atoms with Gasteiger partial charge in [0.2, 0.25) is 0 Å². The van der Waals surface area contributed by atoms with E-state index < -0.39 is 11.7 Å². The zero-order valence-electron chi connectivity index (χ0n) is 15.8. The predicted molar refractivity (Wildman–Crippen MR) is 99.1 cm³/mol. The van der Waals surface area contributed by atoms with E-state index in [0.717, 1.165) is 24.2 Å². The molecular weight excluding hydrogens is 383 g/mol. The number of aromatic nitrogens is 4. The highest BCUT2D eigenvalue weighted by Crippen LogP contribution is 2.31. The van der Waals surface area contributed by atoms with E-state index in [1.54, 1.807) is 11.0 Å². The highest BCUT2D eigenvalue weighted by molar-refractivity contribution is 5.92. The molecule has 0 aliphatic carbocycles. The lowest BCUT2D eigenvalue weighted by Crippen LogP contribution is -2.41. The first-order chi connectivity index (χ1) is 13.9. The second-order valence-corrected chi connectivity index (χ2v) is 7.05. The van der Waals surface area contributed by atoms with Crippen molar-refractivity contribution in [3.05, 3.63) is 71.3 Å². The summed E-state index contributed by atoms with van der Waals surface area (Å²) in [5.74, 6) is -0.223. The van der Waals surface area contributed by atoms with E-state index in [1.165, 1.54) is 16.9 Å². The van der Waals surface area contributed by atoms with Crippen molar-refractivity contribution in [2.45, 2.75) is 38.7 Å². The summed E-state index contributed by atoms with van der Waals surface area (Å²) in [7, 11) is 0. The SMILES string of the molecule is CC[C@@H]1c2cccn2CCN1C(=O)c1cn(Cc2cccc(C(F)(F)F)c2)nn1. The van der Waals surface area contributed by atoms with Crippen LogP contribution in [0, 0.1) is 0 Å². The van der Waals surface area contributed by atoms with Gasteiger partial charge in [0.25, 0.3) is 5.91 Å². The summed E-state index contributed by atoms with van der Waals surface area (Å²) in [4.78, 5) is 14.8. The van der Waals surface area contributed by atoms with Gasteiger partial charge in [-0.3, -0.25) is 4.79 Å². The molecule has 3 aromatic rings.